The van der Waals surface area contributed by atoms with Crippen LogP contribution in [0.15, 0.2) is 64.0 Å². The fraction of sp³-hybridized carbons (Fsp3) is 0.235. The van der Waals surface area contributed by atoms with E-state index in [1.807, 2.05) is 36.4 Å². The molecular formula is C17H18N4O2. The molecule has 0 saturated carbocycles. The summed E-state index contributed by atoms with van der Waals surface area (Å²) in [5.74, 6) is 0.990. The predicted molar refractivity (Wildman–Crippen MR) is 88.2 cm³/mol. The zero-order valence-electron chi connectivity index (χ0n) is 12.7. The molecular weight excluding hydrogens is 292 g/mol. The fourth-order valence-corrected chi connectivity index (χ4v) is 2.25. The van der Waals surface area contributed by atoms with Gasteiger partial charge in [-0.2, -0.15) is 4.98 Å². The Balaban J connectivity index is 1.44. The maximum absolute atomic E-state index is 11.6. The van der Waals surface area contributed by atoms with Crippen molar-refractivity contribution in [3.05, 3.63) is 65.1 Å². The summed E-state index contributed by atoms with van der Waals surface area (Å²) in [6.07, 6.45) is 3.62. The van der Waals surface area contributed by atoms with Crippen LogP contribution in [0.5, 0.6) is 0 Å². The highest BCUT2D eigenvalue weighted by Crippen LogP contribution is 2.17. The SMILES string of the molecule is O=c1ccccn1CCCCNc1noc(-c2ccccc2)n1. The third kappa shape index (κ3) is 4.06. The van der Waals surface area contributed by atoms with Gasteiger partial charge >= 0.3 is 0 Å². The Morgan fingerprint density at radius 2 is 1.87 bits per heavy atom. The average Bonchev–Trinajstić information content (AvgIpc) is 3.06. The quantitative estimate of drug-likeness (QED) is 0.679. The van der Waals surface area contributed by atoms with Gasteiger partial charge in [-0.05, 0) is 36.2 Å². The maximum atomic E-state index is 11.6. The summed E-state index contributed by atoms with van der Waals surface area (Å²) >= 11 is 0. The van der Waals surface area contributed by atoms with E-state index in [4.69, 9.17) is 4.52 Å². The second kappa shape index (κ2) is 7.40. The van der Waals surface area contributed by atoms with E-state index in [2.05, 4.69) is 15.5 Å². The number of rotatable bonds is 7. The van der Waals surface area contributed by atoms with Gasteiger partial charge in [0, 0.05) is 30.9 Å². The minimum absolute atomic E-state index is 0.0335. The fourth-order valence-electron chi connectivity index (χ4n) is 2.25. The molecule has 0 aliphatic rings. The van der Waals surface area contributed by atoms with E-state index in [1.54, 1.807) is 22.9 Å². The molecule has 0 saturated heterocycles. The van der Waals surface area contributed by atoms with E-state index in [1.165, 1.54) is 0 Å². The number of aromatic nitrogens is 3. The van der Waals surface area contributed by atoms with E-state index < -0.39 is 0 Å². The Morgan fingerprint density at radius 1 is 1.04 bits per heavy atom. The van der Waals surface area contributed by atoms with Crippen LogP contribution < -0.4 is 10.9 Å². The molecule has 0 fully saturated rings. The molecule has 0 aliphatic heterocycles. The zero-order chi connectivity index (χ0) is 15.9. The van der Waals surface area contributed by atoms with Crippen LogP contribution in [-0.2, 0) is 6.54 Å². The number of aryl methyl sites for hydroxylation is 1. The molecule has 1 N–H and O–H groups in total. The van der Waals surface area contributed by atoms with Gasteiger partial charge in [0.15, 0.2) is 0 Å². The third-order valence-electron chi connectivity index (χ3n) is 3.45. The van der Waals surface area contributed by atoms with Gasteiger partial charge in [0.05, 0.1) is 0 Å². The van der Waals surface area contributed by atoms with Crippen LogP contribution in [0.25, 0.3) is 11.5 Å². The highest BCUT2D eigenvalue weighted by molar-refractivity contribution is 5.53. The van der Waals surface area contributed by atoms with Crippen molar-refractivity contribution in [2.24, 2.45) is 0 Å². The second-order valence-electron chi connectivity index (χ2n) is 5.16. The molecule has 6 nitrogen and oxygen atoms in total. The molecule has 0 spiro atoms. The Bertz CT molecular complexity index is 795. The number of nitrogens with zero attached hydrogens (tertiary/aromatic N) is 3. The first-order chi connectivity index (χ1) is 11.3. The predicted octanol–water partition coefficient (Wildman–Crippen LogP) is 2.79. The molecule has 0 amide bonds. The summed E-state index contributed by atoms with van der Waals surface area (Å²) in [5, 5.41) is 7.04. The van der Waals surface area contributed by atoms with Crippen molar-refractivity contribution in [2.75, 3.05) is 11.9 Å². The number of pyridine rings is 1. The zero-order valence-corrected chi connectivity index (χ0v) is 12.7. The van der Waals surface area contributed by atoms with Gasteiger partial charge < -0.3 is 14.4 Å². The molecule has 0 atom stereocenters. The van der Waals surface area contributed by atoms with Gasteiger partial charge in [-0.3, -0.25) is 4.79 Å². The smallest absolute Gasteiger partial charge is 0.263 e. The van der Waals surface area contributed by atoms with E-state index in [0.717, 1.165) is 24.9 Å². The van der Waals surface area contributed by atoms with Crippen molar-refractivity contribution in [3.63, 3.8) is 0 Å². The topological polar surface area (TPSA) is 73.0 Å². The van der Waals surface area contributed by atoms with Crippen molar-refractivity contribution < 1.29 is 4.52 Å². The Labute approximate surface area is 133 Å². The average molecular weight is 310 g/mol. The largest absolute Gasteiger partial charge is 0.352 e. The minimum Gasteiger partial charge on any atom is -0.352 e. The van der Waals surface area contributed by atoms with Gasteiger partial charge in [0.2, 0.25) is 5.56 Å². The van der Waals surface area contributed by atoms with Crippen LogP contribution in [0.1, 0.15) is 12.8 Å². The summed E-state index contributed by atoms with van der Waals surface area (Å²) in [6, 6.07) is 14.8. The molecule has 0 unspecified atom stereocenters. The molecule has 0 bridgehead atoms. The van der Waals surface area contributed by atoms with Crippen LogP contribution in [0, 0.1) is 0 Å². The molecule has 23 heavy (non-hydrogen) atoms. The summed E-state index contributed by atoms with van der Waals surface area (Å²) < 4.78 is 6.93. The number of nitrogens with one attached hydrogen (secondary N) is 1. The van der Waals surface area contributed by atoms with E-state index in [-0.39, 0.29) is 5.56 Å². The first-order valence-corrected chi connectivity index (χ1v) is 7.61. The summed E-state index contributed by atoms with van der Waals surface area (Å²) in [5.41, 5.74) is 0.933. The van der Waals surface area contributed by atoms with Gasteiger partial charge in [0.1, 0.15) is 0 Å². The van der Waals surface area contributed by atoms with Gasteiger partial charge in [0.25, 0.3) is 11.8 Å². The second-order valence-corrected chi connectivity index (χ2v) is 5.16. The van der Waals surface area contributed by atoms with Crippen LogP contribution in [0.2, 0.25) is 0 Å². The van der Waals surface area contributed by atoms with Crippen molar-refractivity contribution in [2.45, 2.75) is 19.4 Å². The number of anilines is 1. The standard InChI is InChI=1S/C17H18N4O2/c22-15-10-4-6-12-21(15)13-7-5-11-18-17-19-16(23-20-17)14-8-2-1-3-9-14/h1-4,6,8-10,12H,5,7,11,13H2,(H,18,20). The summed E-state index contributed by atoms with van der Waals surface area (Å²) in [7, 11) is 0. The monoisotopic (exact) mass is 310 g/mol. The van der Waals surface area contributed by atoms with Gasteiger partial charge in [-0.15, -0.1) is 0 Å². The Morgan fingerprint density at radius 3 is 2.70 bits per heavy atom. The number of benzene rings is 1. The summed E-state index contributed by atoms with van der Waals surface area (Å²) in [6.45, 7) is 1.44. The maximum Gasteiger partial charge on any atom is 0.263 e. The van der Waals surface area contributed by atoms with Crippen molar-refractivity contribution in [1.82, 2.24) is 14.7 Å². The van der Waals surface area contributed by atoms with Crippen LogP contribution in [-0.4, -0.2) is 21.3 Å². The lowest BCUT2D eigenvalue weighted by Gasteiger charge is -2.04. The number of hydrogen-bond donors (Lipinski definition) is 1. The molecule has 2 heterocycles. The molecule has 1 aromatic carbocycles. The normalized spacial score (nSPS) is 10.6. The molecule has 0 radical (unpaired) electrons. The Hall–Kier alpha value is -2.89. The third-order valence-corrected chi connectivity index (χ3v) is 3.45. The van der Waals surface area contributed by atoms with Crippen LogP contribution >= 0.6 is 0 Å². The van der Waals surface area contributed by atoms with Crippen LogP contribution in [0.3, 0.4) is 0 Å². The Kier molecular flexibility index (Phi) is 4.83. The highest BCUT2D eigenvalue weighted by Gasteiger charge is 2.07. The highest BCUT2D eigenvalue weighted by atomic mass is 16.5. The van der Waals surface area contributed by atoms with Gasteiger partial charge in [-0.1, -0.05) is 24.3 Å². The van der Waals surface area contributed by atoms with Gasteiger partial charge in [-0.25, -0.2) is 0 Å². The number of unbranched alkanes of at least 4 members (excludes halogenated alkanes) is 1. The molecule has 118 valence electrons. The van der Waals surface area contributed by atoms with Crippen molar-refractivity contribution >= 4 is 5.95 Å². The van der Waals surface area contributed by atoms with E-state index >= 15 is 0 Å². The van der Waals surface area contributed by atoms with Crippen molar-refractivity contribution in [3.8, 4) is 11.5 Å². The molecule has 6 heteroatoms. The lowest BCUT2D eigenvalue weighted by molar-refractivity contribution is 0.432. The first kappa shape index (κ1) is 15.0. The summed E-state index contributed by atoms with van der Waals surface area (Å²) in [4.78, 5) is 15.9. The molecule has 3 rings (SSSR count). The molecule has 0 aliphatic carbocycles. The number of hydrogen-bond acceptors (Lipinski definition) is 5. The first-order valence-electron chi connectivity index (χ1n) is 7.61. The van der Waals surface area contributed by atoms with Crippen LogP contribution in [0.4, 0.5) is 5.95 Å². The molecule has 3 aromatic rings. The molecule has 2 aromatic heterocycles. The lowest BCUT2D eigenvalue weighted by atomic mass is 10.2. The van der Waals surface area contributed by atoms with Crippen molar-refractivity contribution in [1.29, 1.82) is 0 Å². The van der Waals surface area contributed by atoms with E-state index in [9.17, 15) is 4.79 Å². The minimum atomic E-state index is 0.0335. The lowest BCUT2D eigenvalue weighted by Crippen LogP contribution is -2.18. The van der Waals surface area contributed by atoms with E-state index in [0.29, 0.717) is 18.4 Å².